The van der Waals surface area contributed by atoms with Crippen molar-refractivity contribution in [2.75, 3.05) is 37.6 Å². The van der Waals surface area contributed by atoms with Gasteiger partial charge in [-0.25, -0.2) is 13.4 Å². The van der Waals surface area contributed by atoms with Crippen molar-refractivity contribution in [3.05, 3.63) is 53.7 Å². The highest BCUT2D eigenvalue weighted by Crippen LogP contribution is 2.39. The van der Waals surface area contributed by atoms with E-state index >= 15 is 0 Å². The number of hydrogen-bond donors (Lipinski definition) is 1. The number of pyridine rings is 1. The number of aromatic nitrogens is 1. The summed E-state index contributed by atoms with van der Waals surface area (Å²) in [7, 11) is -3.53. The van der Waals surface area contributed by atoms with E-state index in [1.54, 1.807) is 22.6 Å². The third-order valence-electron chi connectivity index (χ3n) is 5.42. The Kier molecular flexibility index (Phi) is 5.16. The lowest BCUT2D eigenvalue weighted by atomic mass is 10.1. The van der Waals surface area contributed by atoms with Crippen molar-refractivity contribution in [1.29, 1.82) is 0 Å². The molecule has 1 unspecified atom stereocenters. The maximum absolute atomic E-state index is 13.3. The smallest absolute Gasteiger partial charge is 0.243 e. The van der Waals surface area contributed by atoms with Crippen LogP contribution in [0.2, 0.25) is 0 Å². The van der Waals surface area contributed by atoms with Crippen LogP contribution in [0.1, 0.15) is 30.0 Å². The molecule has 1 atom stereocenters. The number of benzene rings is 1. The predicted octanol–water partition coefficient (Wildman–Crippen LogP) is 2.33. The molecule has 1 N–H and O–H groups in total. The number of aryl methyl sites for hydroxylation is 1. The number of sulfonamides is 1. The summed E-state index contributed by atoms with van der Waals surface area (Å²) in [5.41, 5.74) is 2.08. The van der Waals surface area contributed by atoms with Gasteiger partial charge in [-0.05, 0) is 38.0 Å². The lowest BCUT2D eigenvalue weighted by Crippen LogP contribution is -2.44. The van der Waals surface area contributed by atoms with Crippen molar-refractivity contribution in [3.8, 4) is 0 Å². The first-order chi connectivity index (χ1) is 13.1. The molecule has 3 heterocycles. The standard InChI is InChI=1S/C20H26N4O2S/c1-16-6-8-17(9-7-16)27(25,26)24-13-3-5-19(24)18-4-2-10-22-20(18)23-14-11-21-12-15-23/h2,4,6-10,19,21H,3,5,11-15H2,1H3. The number of anilines is 1. The van der Waals surface area contributed by atoms with Crippen LogP contribution in [0, 0.1) is 6.92 Å². The van der Waals surface area contributed by atoms with E-state index in [-0.39, 0.29) is 6.04 Å². The quantitative estimate of drug-likeness (QED) is 0.874. The number of rotatable bonds is 4. The van der Waals surface area contributed by atoms with Crippen molar-refractivity contribution in [3.63, 3.8) is 0 Å². The Balaban J connectivity index is 1.69. The van der Waals surface area contributed by atoms with Crippen molar-refractivity contribution < 1.29 is 8.42 Å². The molecule has 0 saturated carbocycles. The zero-order valence-corrected chi connectivity index (χ0v) is 16.5. The van der Waals surface area contributed by atoms with E-state index in [0.717, 1.165) is 56.0 Å². The third kappa shape index (κ3) is 3.59. The molecule has 27 heavy (non-hydrogen) atoms. The summed E-state index contributed by atoms with van der Waals surface area (Å²) in [5, 5.41) is 3.36. The Morgan fingerprint density at radius 3 is 2.56 bits per heavy atom. The Labute approximate surface area is 161 Å². The number of nitrogens with one attached hydrogen (secondary N) is 1. The van der Waals surface area contributed by atoms with E-state index in [1.807, 2.05) is 31.2 Å². The molecule has 1 aromatic carbocycles. The normalized spacial score (nSPS) is 21.5. The average molecular weight is 387 g/mol. The van der Waals surface area contributed by atoms with Crippen molar-refractivity contribution in [2.45, 2.75) is 30.7 Å². The van der Waals surface area contributed by atoms with Gasteiger partial charge in [0.2, 0.25) is 10.0 Å². The van der Waals surface area contributed by atoms with Gasteiger partial charge in [-0.2, -0.15) is 4.31 Å². The highest BCUT2D eigenvalue weighted by molar-refractivity contribution is 7.89. The van der Waals surface area contributed by atoms with Gasteiger partial charge < -0.3 is 10.2 Å². The zero-order chi connectivity index (χ0) is 18.9. The van der Waals surface area contributed by atoms with Gasteiger partial charge in [-0.15, -0.1) is 0 Å². The van der Waals surface area contributed by atoms with Crippen molar-refractivity contribution in [2.24, 2.45) is 0 Å². The minimum Gasteiger partial charge on any atom is -0.354 e. The highest BCUT2D eigenvalue weighted by atomic mass is 32.2. The molecule has 0 amide bonds. The lowest BCUT2D eigenvalue weighted by Gasteiger charge is -2.32. The molecule has 2 aliphatic heterocycles. The molecular weight excluding hydrogens is 360 g/mol. The highest BCUT2D eigenvalue weighted by Gasteiger charge is 2.38. The lowest BCUT2D eigenvalue weighted by molar-refractivity contribution is 0.395. The summed E-state index contributed by atoms with van der Waals surface area (Å²) >= 11 is 0. The minimum absolute atomic E-state index is 0.158. The summed E-state index contributed by atoms with van der Waals surface area (Å²) in [5.74, 6) is 0.926. The van der Waals surface area contributed by atoms with Crippen LogP contribution in [-0.4, -0.2) is 50.4 Å². The van der Waals surface area contributed by atoms with E-state index in [1.165, 1.54) is 0 Å². The largest absolute Gasteiger partial charge is 0.354 e. The fraction of sp³-hybridized carbons (Fsp3) is 0.450. The molecule has 4 rings (SSSR count). The molecule has 0 radical (unpaired) electrons. The molecule has 1 aromatic heterocycles. The molecule has 2 saturated heterocycles. The van der Waals surface area contributed by atoms with Crippen LogP contribution in [0.5, 0.6) is 0 Å². The number of nitrogens with zero attached hydrogens (tertiary/aromatic N) is 3. The van der Waals surface area contributed by atoms with E-state index < -0.39 is 10.0 Å². The first-order valence-electron chi connectivity index (χ1n) is 9.56. The van der Waals surface area contributed by atoms with E-state index in [9.17, 15) is 8.42 Å². The zero-order valence-electron chi connectivity index (χ0n) is 15.6. The van der Waals surface area contributed by atoms with Gasteiger partial charge in [-0.3, -0.25) is 0 Å². The minimum atomic E-state index is -3.53. The Morgan fingerprint density at radius 1 is 1.07 bits per heavy atom. The fourth-order valence-electron chi connectivity index (χ4n) is 3.99. The number of piperazine rings is 1. The molecular formula is C20H26N4O2S. The summed E-state index contributed by atoms with van der Waals surface area (Å²) in [6.45, 7) is 6.14. The summed E-state index contributed by atoms with van der Waals surface area (Å²) < 4.78 is 28.3. The topological polar surface area (TPSA) is 65.5 Å². The van der Waals surface area contributed by atoms with Gasteiger partial charge in [0, 0.05) is 44.5 Å². The average Bonchev–Trinajstić information content (AvgIpc) is 3.20. The number of hydrogen-bond acceptors (Lipinski definition) is 5. The first-order valence-corrected chi connectivity index (χ1v) is 11.0. The van der Waals surface area contributed by atoms with Crippen LogP contribution in [0.3, 0.4) is 0 Å². The summed E-state index contributed by atoms with van der Waals surface area (Å²) in [6.07, 6.45) is 3.50. The second-order valence-corrected chi connectivity index (χ2v) is 9.13. The van der Waals surface area contributed by atoms with Crippen molar-refractivity contribution >= 4 is 15.8 Å². The second kappa shape index (κ2) is 7.58. The Hall–Kier alpha value is -1.96. The molecule has 144 valence electrons. The summed E-state index contributed by atoms with van der Waals surface area (Å²) in [6, 6.07) is 10.9. The molecule has 6 nitrogen and oxygen atoms in total. The molecule has 7 heteroatoms. The van der Waals surface area contributed by atoms with Gasteiger partial charge in [0.15, 0.2) is 0 Å². The predicted molar refractivity (Wildman–Crippen MR) is 106 cm³/mol. The second-order valence-electron chi connectivity index (χ2n) is 7.24. The van der Waals surface area contributed by atoms with E-state index in [2.05, 4.69) is 15.2 Å². The molecule has 2 aromatic rings. The Morgan fingerprint density at radius 2 is 1.81 bits per heavy atom. The van der Waals surface area contributed by atoms with Crippen molar-refractivity contribution in [1.82, 2.24) is 14.6 Å². The van der Waals surface area contributed by atoms with E-state index in [0.29, 0.717) is 11.4 Å². The van der Waals surface area contributed by atoms with Gasteiger partial charge >= 0.3 is 0 Å². The van der Waals surface area contributed by atoms with Crippen LogP contribution >= 0.6 is 0 Å². The third-order valence-corrected chi connectivity index (χ3v) is 7.35. The molecule has 0 spiro atoms. The van der Waals surface area contributed by atoms with Crippen LogP contribution in [0.4, 0.5) is 5.82 Å². The van der Waals surface area contributed by atoms with Crippen LogP contribution in [-0.2, 0) is 10.0 Å². The van der Waals surface area contributed by atoms with Gasteiger partial charge in [-0.1, -0.05) is 23.8 Å². The molecule has 0 aliphatic carbocycles. The molecule has 2 aliphatic rings. The SMILES string of the molecule is Cc1ccc(S(=O)(=O)N2CCCC2c2cccnc2N2CCNCC2)cc1. The Bertz CT molecular complexity index is 892. The maximum Gasteiger partial charge on any atom is 0.243 e. The maximum atomic E-state index is 13.3. The van der Waals surface area contributed by atoms with Gasteiger partial charge in [0.1, 0.15) is 5.82 Å². The van der Waals surface area contributed by atoms with E-state index in [4.69, 9.17) is 0 Å². The van der Waals surface area contributed by atoms with Gasteiger partial charge in [0.25, 0.3) is 0 Å². The van der Waals surface area contributed by atoms with Crippen LogP contribution in [0.15, 0.2) is 47.5 Å². The van der Waals surface area contributed by atoms with Crippen LogP contribution < -0.4 is 10.2 Å². The fourth-order valence-corrected chi connectivity index (χ4v) is 5.67. The van der Waals surface area contributed by atoms with Gasteiger partial charge in [0.05, 0.1) is 10.9 Å². The molecule has 0 bridgehead atoms. The molecule has 2 fully saturated rings. The first kappa shape index (κ1) is 18.4. The summed E-state index contributed by atoms with van der Waals surface area (Å²) in [4.78, 5) is 7.26. The van der Waals surface area contributed by atoms with Crippen LogP contribution in [0.25, 0.3) is 0 Å². The monoisotopic (exact) mass is 386 g/mol.